The third kappa shape index (κ3) is 9.77. The maximum atomic E-state index is 13.9. The molecule has 1 aromatic rings. The van der Waals surface area contributed by atoms with Gasteiger partial charge in [0.25, 0.3) is 0 Å². The van der Waals surface area contributed by atoms with Gasteiger partial charge in [-0.3, -0.25) is 33.8 Å². The molecule has 2 aliphatic heterocycles. The van der Waals surface area contributed by atoms with Gasteiger partial charge in [-0.25, -0.2) is 4.79 Å². The van der Waals surface area contributed by atoms with Gasteiger partial charge in [-0.05, 0) is 32.9 Å². The molecule has 2 N–H and O–H groups in total. The van der Waals surface area contributed by atoms with Crippen LogP contribution in [0.15, 0.2) is 24.5 Å². The lowest BCUT2D eigenvalue weighted by Crippen LogP contribution is -2.63. The van der Waals surface area contributed by atoms with E-state index in [9.17, 15) is 38.7 Å². The number of methoxy groups -OCH3 is 1. The zero-order chi connectivity index (χ0) is 34.0. The van der Waals surface area contributed by atoms with E-state index in [4.69, 9.17) is 9.47 Å². The minimum atomic E-state index is -1.55. The SMILES string of the molecule is COC(=O)C[C@@H]1C(=O)N(CC(=O)O)CCN1C(=O)C(CC(=O)N1CCN(c2ccncc2)CC1)NC(=O)OCOC(=O)C(C)(C)C. The zero-order valence-corrected chi connectivity index (χ0v) is 26.3. The first kappa shape index (κ1) is 35.5. The molecule has 46 heavy (non-hydrogen) atoms. The normalized spacial score (nSPS) is 17.6. The second-order valence-corrected chi connectivity index (χ2v) is 11.7. The van der Waals surface area contributed by atoms with Crippen molar-refractivity contribution in [1.29, 1.82) is 0 Å². The number of piperazine rings is 2. The van der Waals surface area contributed by atoms with Gasteiger partial charge >= 0.3 is 24.0 Å². The molecule has 0 aliphatic carbocycles. The van der Waals surface area contributed by atoms with Gasteiger partial charge < -0.3 is 44.2 Å². The predicted octanol–water partition coefficient (Wildman–Crippen LogP) is -0.551. The molecule has 0 saturated carbocycles. The molecule has 4 amide bonds. The first-order valence-electron chi connectivity index (χ1n) is 14.6. The van der Waals surface area contributed by atoms with E-state index < -0.39 is 85.4 Å². The minimum Gasteiger partial charge on any atom is -0.480 e. The van der Waals surface area contributed by atoms with Gasteiger partial charge in [0.2, 0.25) is 24.5 Å². The van der Waals surface area contributed by atoms with Crippen LogP contribution in [-0.4, -0.2) is 138 Å². The second-order valence-electron chi connectivity index (χ2n) is 11.7. The Labute approximate surface area is 265 Å². The van der Waals surface area contributed by atoms with Gasteiger partial charge in [-0.2, -0.15) is 0 Å². The van der Waals surface area contributed by atoms with Crippen LogP contribution in [0.25, 0.3) is 0 Å². The number of rotatable bonds is 11. The molecule has 2 saturated heterocycles. The standard InChI is InChI=1S/C29H40N6O11/c1-29(2,3)27(42)45-18-46-28(43)31-20(15-22(36)33-11-9-32(10-12-33)19-5-7-30-8-6-19)25(40)35-14-13-34(17-23(37)38)26(41)21(35)16-24(39)44-4/h5-8,20-21H,9-18H2,1-4H3,(H,31,43)(H,37,38)/t20?,21-/m1/s1. The Morgan fingerprint density at radius 3 is 2.24 bits per heavy atom. The molecule has 0 spiro atoms. The summed E-state index contributed by atoms with van der Waals surface area (Å²) in [5, 5.41) is 11.5. The summed E-state index contributed by atoms with van der Waals surface area (Å²) in [7, 11) is 1.09. The number of hydrogen-bond acceptors (Lipinski definition) is 12. The van der Waals surface area contributed by atoms with Crippen LogP contribution < -0.4 is 10.2 Å². The third-order valence-corrected chi connectivity index (χ3v) is 7.40. The average Bonchev–Trinajstić information content (AvgIpc) is 3.02. The lowest BCUT2D eigenvalue weighted by Gasteiger charge is -2.41. The number of aromatic nitrogens is 1. The summed E-state index contributed by atoms with van der Waals surface area (Å²) in [5.74, 6) is -4.90. The van der Waals surface area contributed by atoms with Crippen LogP contribution in [0.4, 0.5) is 10.5 Å². The number of carbonyl (C=O) groups excluding carboxylic acids is 6. The Balaban J connectivity index is 1.77. The number of anilines is 1. The highest BCUT2D eigenvalue weighted by atomic mass is 16.7. The zero-order valence-electron chi connectivity index (χ0n) is 26.3. The van der Waals surface area contributed by atoms with Gasteiger partial charge in [0.05, 0.1) is 25.4 Å². The summed E-state index contributed by atoms with van der Waals surface area (Å²) in [6.45, 7) is 4.72. The number of pyridine rings is 1. The van der Waals surface area contributed by atoms with Crippen molar-refractivity contribution in [1.82, 2.24) is 25.0 Å². The number of hydrogen-bond donors (Lipinski definition) is 2. The molecule has 3 heterocycles. The quantitative estimate of drug-likeness (QED) is 0.229. The van der Waals surface area contributed by atoms with Gasteiger partial charge in [0.1, 0.15) is 18.6 Å². The molecular formula is C29H40N6O11. The maximum absolute atomic E-state index is 13.9. The molecule has 17 heteroatoms. The molecule has 1 aromatic heterocycles. The lowest BCUT2D eigenvalue weighted by molar-refractivity contribution is -0.162. The highest BCUT2D eigenvalue weighted by Gasteiger charge is 2.43. The highest BCUT2D eigenvalue weighted by Crippen LogP contribution is 2.20. The van der Waals surface area contributed by atoms with E-state index in [1.165, 1.54) is 4.90 Å². The Morgan fingerprint density at radius 1 is 1.00 bits per heavy atom. The number of aliphatic carboxylic acids is 1. The number of ether oxygens (including phenoxy) is 3. The number of esters is 2. The van der Waals surface area contributed by atoms with E-state index in [-0.39, 0.29) is 13.1 Å². The molecule has 252 valence electrons. The van der Waals surface area contributed by atoms with E-state index >= 15 is 0 Å². The van der Waals surface area contributed by atoms with Crippen molar-refractivity contribution < 1.29 is 52.9 Å². The smallest absolute Gasteiger partial charge is 0.410 e. The number of amides is 4. The Morgan fingerprint density at radius 2 is 1.65 bits per heavy atom. The maximum Gasteiger partial charge on any atom is 0.410 e. The Kier molecular flexibility index (Phi) is 12.2. The van der Waals surface area contributed by atoms with E-state index in [0.717, 1.165) is 22.6 Å². The molecule has 3 rings (SSSR count). The summed E-state index contributed by atoms with van der Waals surface area (Å²) in [6, 6.07) is 0.710. The van der Waals surface area contributed by atoms with Gasteiger partial charge in [0.15, 0.2) is 0 Å². The summed E-state index contributed by atoms with van der Waals surface area (Å²) in [6.07, 6.45) is 1.06. The average molecular weight is 649 g/mol. The van der Waals surface area contributed by atoms with Crippen LogP contribution >= 0.6 is 0 Å². The van der Waals surface area contributed by atoms with Crippen molar-refractivity contribution in [3.8, 4) is 0 Å². The molecule has 0 aromatic carbocycles. The summed E-state index contributed by atoms with van der Waals surface area (Å²) in [5.41, 5.74) is 0.0750. The first-order valence-corrected chi connectivity index (χ1v) is 14.6. The molecule has 0 bridgehead atoms. The summed E-state index contributed by atoms with van der Waals surface area (Å²) < 4.78 is 14.6. The third-order valence-electron chi connectivity index (χ3n) is 7.40. The van der Waals surface area contributed by atoms with E-state index in [2.05, 4.69) is 19.9 Å². The van der Waals surface area contributed by atoms with Crippen LogP contribution in [-0.2, 0) is 43.0 Å². The Hall–Kier alpha value is -4.96. The fraction of sp³-hybridized carbons (Fsp3) is 0.586. The van der Waals surface area contributed by atoms with Crippen molar-refractivity contribution in [3.05, 3.63) is 24.5 Å². The molecule has 0 radical (unpaired) electrons. The fourth-order valence-corrected chi connectivity index (χ4v) is 4.87. The Bertz CT molecular complexity index is 1290. The molecule has 2 fully saturated rings. The second kappa shape index (κ2) is 15.9. The van der Waals surface area contributed by atoms with Gasteiger partial charge in [-0.1, -0.05) is 0 Å². The largest absolute Gasteiger partial charge is 0.480 e. The topological polar surface area (TPSA) is 205 Å². The van der Waals surface area contributed by atoms with Crippen LogP contribution in [0.3, 0.4) is 0 Å². The molecule has 17 nitrogen and oxygen atoms in total. The van der Waals surface area contributed by atoms with E-state index in [0.29, 0.717) is 26.2 Å². The van der Waals surface area contributed by atoms with Crippen molar-refractivity contribution in [3.63, 3.8) is 0 Å². The first-order chi connectivity index (χ1) is 21.7. The number of carboxylic acid groups (broad SMARTS) is 1. The molecule has 1 unspecified atom stereocenters. The van der Waals surface area contributed by atoms with E-state index in [1.54, 1.807) is 33.2 Å². The number of carboxylic acids is 1. The predicted molar refractivity (Wildman–Crippen MR) is 158 cm³/mol. The van der Waals surface area contributed by atoms with Crippen LogP contribution in [0.2, 0.25) is 0 Å². The number of nitrogens with one attached hydrogen (secondary N) is 1. The molecule has 2 atom stereocenters. The number of carbonyl (C=O) groups is 7. The molecular weight excluding hydrogens is 608 g/mol. The summed E-state index contributed by atoms with van der Waals surface area (Å²) in [4.78, 5) is 98.4. The van der Waals surface area contributed by atoms with Crippen LogP contribution in [0.1, 0.15) is 33.6 Å². The van der Waals surface area contributed by atoms with Gasteiger partial charge in [-0.15, -0.1) is 0 Å². The van der Waals surface area contributed by atoms with Crippen molar-refractivity contribution in [2.24, 2.45) is 5.41 Å². The van der Waals surface area contributed by atoms with Crippen molar-refractivity contribution in [2.45, 2.75) is 45.7 Å². The number of alkyl carbamates (subject to hydrolysis) is 1. The minimum absolute atomic E-state index is 0.167. The highest BCUT2D eigenvalue weighted by molar-refractivity contribution is 5.97. The van der Waals surface area contributed by atoms with Crippen molar-refractivity contribution in [2.75, 3.05) is 64.6 Å². The van der Waals surface area contributed by atoms with Crippen LogP contribution in [0.5, 0.6) is 0 Å². The van der Waals surface area contributed by atoms with Crippen molar-refractivity contribution >= 4 is 47.4 Å². The van der Waals surface area contributed by atoms with Crippen LogP contribution in [0, 0.1) is 5.41 Å². The molecule has 2 aliphatic rings. The number of nitrogens with zero attached hydrogens (tertiary/aromatic N) is 5. The summed E-state index contributed by atoms with van der Waals surface area (Å²) >= 11 is 0. The van der Waals surface area contributed by atoms with Gasteiger partial charge in [0, 0.05) is 57.3 Å². The fourth-order valence-electron chi connectivity index (χ4n) is 4.87. The van der Waals surface area contributed by atoms with E-state index in [1.807, 2.05) is 12.1 Å². The lowest BCUT2D eigenvalue weighted by atomic mass is 9.98. The monoisotopic (exact) mass is 648 g/mol.